The first-order valence-corrected chi connectivity index (χ1v) is 7.18. The van der Waals surface area contributed by atoms with Gasteiger partial charge in [0.25, 0.3) is 0 Å². The zero-order valence-electron chi connectivity index (χ0n) is 4.80. The van der Waals surface area contributed by atoms with Crippen LogP contribution in [0.2, 0.25) is 0 Å². The van der Waals surface area contributed by atoms with Crippen LogP contribution >= 0.6 is 34.2 Å². The summed E-state index contributed by atoms with van der Waals surface area (Å²) in [7, 11) is 3.99. The number of thiocarbonyl (C=S) groups is 2. The van der Waals surface area contributed by atoms with Crippen LogP contribution in [0.4, 0.5) is 0 Å². The van der Waals surface area contributed by atoms with Gasteiger partial charge >= 0.3 is 85.1 Å². The Bertz CT molecular complexity index is 159. The van der Waals surface area contributed by atoms with Crippen molar-refractivity contribution in [1.82, 2.24) is 8.85 Å². The third-order valence-electron chi connectivity index (χ3n) is 0.492. The summed E-state index contributed by atoms with van der Waals surface area (Å²) < 4.78 is 2.83. The van der Waals surface area contributed by atoms with Crippen LogP contribution in [-0.2, 0) is 0 Å². The van der Waals surface area contributed by atoms with Crippen LogP contribution in [0.1, 0.15) is 0 Å². The number of thiol groups is 1. The quantitative estimate of drug-likeness (QED) is 0.162. The second-order valence-electron chi connectivity index (χ2n) is 1.10. The number of nitrogens with one attached hydrogen (secondary N) is 2. The fourth-order valence-corrected chi connectivity index (χ4v) is 2.03. The monoisotopic (exact) mass is 306 g/mol. The summed E-state index contributed by atoms with van der Waals surface area (Å²) in [5.41, 5.74) is 0. The van der Waals surface area contributed by atoms with Gasteiger partial charge in [0.05, 0.1) is 0 Å². The zero-order valence-corrected chi connectivity index (χ0v) is 9.48. The summed E-state index contributed by atoms with van der Waals surface area (Å²) in [5, 5.41) is 3.37. The molecule has 0 aromatic carbocycles. The van der Waals surface area contributed by atoms with E-state index in [4.69, 9.17) is 12.2 Å². The fourth-order valence-electron chi connectivity index (χ4n) is 0.199. The van der Waals surface area contributed by atoms with E-state index in [1.165, 1.54) is 0 Å². The minimum absolute atomic E-state index is 0.281. The first-order chi connectivity index (χ1) is 4.70. The summed E-state index contributed by atoms with van der Waals surface area (Å²) in [4.78, 5) is 3.44. The summed E-state index contributed by atoms with van der Waals surface area (Å²) in [5.74, 6) is 0. The number of rotatable bonds is 1. The number of hydrogen-bond donors (Lipinski definition) is 3. The molecular weight excluding hydrogens is 301 g/mol. The van der Waals surface area contributed by atoms with Crippen LogP contribution in [0.5, 0.6) is 0 Å². The van der Waals surface area contributed by atoms with Crippen molar-refractivity contribution in [3.8, 4) is 0 Å². The van der Waals surface area contributed by atoms with E-state index in [9.17, 15) is 0 Å². The van der Waals surface area contributed by atoms with Crippen molar-refractivity contribution in [2.24, 2.45) is 4.99 Å². The van der Waals surface area contributed by atoms with Gasteiger partial charge in [-0.1, -0.05) is 0 Å². The Morgan fingerprint density at radius 1 is 1.60 bits per heavy atom. The average Bonchev–Trinajstić information content (AvgIpc) is 1.88. The van der Waals surface area contributed by atoms with Crippen LogP contribution in [0.15, 0.2) is 4.99 Å². The molecule has 0 unspecified atom stereocenters. The van der Waals surface area contributed by atoms with E-state index in [-0.39, 0.29) is 25.2 Å². The summed E-state index contributed by atoms with van der Waals surface area (Å²) >= 11 is 9.09. The molecule has 0 atom stereocenters. The topological polar surface area (TPSA) is 36.4 Å². The van der Waals surface area contributed by atoms with Crippen molar-refractivity contribution in [3.63, 3.8) is 0 Å². The Morgan fingerprint density at radius 3 is 2.60 bits per heavy atom. The first-order valence-electron chi connectivity index (χ1n) is 2.06. The number of nitrogens with zero attached hydrogens (tertiary/aromatic N) is 1. The van der Waals surface area contributed by atoms with Gasteiger partial charge in [-0.05, 0) is 0 Å². The van der Waals surface area contributed by atoms with Crippen molar-refractivity contribution >= 4 is 51.2 Å². The molecule has 58 valence electrons. The van der Waals surface area contributed by atoms with Crippen LogP contribution in [0, 0.1) is 0 Å². The molecule has 0 aromatic rings. The van der Waals surface area contributed by atoms with E-state index in [0.717, 1.165) is 0 Å². The van der Waals surface area contributed by atoms with E-state index in [2.05, 4.69) is 42.6 Å². The van der Waals surface area contributed by atoms with Gasteiger partial charge in [0, 0.05) is 0 Å². The minimum atomic E-state index is -0.351. The Morgan fingerprint density at radius 2 is 2.20 bits per heavy atom. The second kappa shape index (κ2) is 6.25. The van der Waals surface area contributed by atoms with Crippen molar-refractivity contribution in [1.29, 1.82) is 0 Å². The molecule has 0 fully saturated rings. The maximum atomic E-state index is 4.78. The molecule has 2 N–H and O–H groups in total. The molecule has 10 heavy (non-hydrogen) atoms. The second-order valence-corrected chi connectivity index (χ2v) is 4.05. The molecule has 0 aromatic heterocycles. The first kappa shape index (κ1) is 10.5. The Hall–Kier alpha value is 0.530. The summed E-state index contributed by atoms with van der Waals surface area (Å²) in [6.07, 6.45) is 0. The third kappa shape index (κ3) is 5.33. The SMILES string of the molecule is C=NC(=S)NC(=S)N[I-]S. The van der Waals surface area contributed by atoms with Crippen LogP contribution in [-0.4, -0.2) is 16.9 Å². The molecular formula is C3H5IN3S3-. The van der Waals surface area contributed by atoms with Crippen molar-refractivity contribution in [3.05, 3.63) is 0 Å². The van der Waals surface area contributed by atoms with Crippen LogP contribution in [0.25, 0.3) is 0 Å². The predicted molar refractivity (Wildman–Crippen MR) is 50.0 cm³/mol. The molecule has 0 aliphatic carbocycles. The molecule has 0 aliphatic rings. The molecule has 0 amide bonds. The van der Waals surface area contributed by atoms with Gasteiger partial charge in [0.15, 0.2) is 0 Å². The summed E-state index contributed by atoms with van der Waals surface area (Å²) in [6.45, 7) is 3.22. The van der Waals surface area contributed by atoms with Gasteiger partial charge in [-0.2, -0.15) is 0 Å². The van der Waals surface area contributed by atoms with Gasteiger partial charge in [-0.3, -0.25) is 0 Å². The Balaban J connectivity index is 3.57. The van der Waals surface area contributed by atoms with E-state index in [1.807, 2.05) is 0 Å². The van der Waals surface area contributed by atoms with Gasteiger partial charge < -0.3 is 0 Å². The summed E-state index contributed by atoms with van der Waals surface area (Å²) in [6, 6.07) is 0. The van der Waals surface area contributed by atoms with Crippen LogP contribution < -0.4 is 28.9 Å². The molecule has 0 saturated heterocycles. The molecule has 0 radical (unpaired) electrons. The maximum absolute atomic E-state index is 4.78. The number of hydrogen-bond acceptors (Lipinski definition) is 3. The van der Waals surface area contributed by atoms with E-state index >= 15 is 0 Å². The number of aliphatic imine (C=N–C) groups is 1. The van der Waals surface area contributed by atoms with Crippen molar-refractivity contribution in [2.75, 3.05) is 0 Å². The van der Waals surface area contributed by atoms with E-state index < -0.39 is 0 Å². The average molecular weight is 306 g/mol. The molecule has 0 bridgehead atoms. The van der Waals surface area contributed by atoms with Crippen LogP contribution in [0.3, 0.4) is 0 Å². The molecule has 0 rings (SSSR count). The van der Waals surface area contributed by atoms with E-state index in [1.54, 1.807) is 0 Å². The van der Waals surface area contributed by atoms with Crippen molar-refractivity contribution in [2.45, 2.75) is 0 Å². The normalized spacial score (nSPS) is 8.50. The Labute approximate surface area is 84.5 Å². The third-order valence-corrected chi connectivity index (χ3v) is 2.64. The molecule has 0 heterocycles. The van der Waals surface area contributed by atoms with Gasteiger partial charge in [0.2, 0.25) is 0 Å². The zero-order chi connectivity index (χ0) is 7.98. The fraction of sp³-hybridized carbons (Fsp3) is 0. The molecule has 3 nitrogen and oxygen atoms in total. The predicted octanol–water partition coefficient (Wildman–Crippen LogP) is -2.72. The standard InChI is InChI=1S/C3H5IN3S3/c1-5-2(8)6-3(9)7-4-10/h10H,1H2,(H2,6,7,8,9)/q-1. The Kier molecular flexibility index (Phi) is 6.59. The number of halogens is 1. The van der Waals surface area contributed by atoms with E-state index in [0.29, 0.717) is 5.11 Å². The van der Waals surface area contributed by atoms with Gasteiger partial charge in [-0.25, -0.2) is 0 Å². The van der Waals surface area contributed by atoms with Gasteiger partial charge in [-0.15, -0.1) is 0 Å². The molecule has 0 aliphatic heterocycles. The molecule has 0 spiro atoms. The van der Waals surface area contributed by atoms with Gasteiger partial charge in [0.1, 0.15) is 0 Å². The van der Waals surface area contributed by atoms with Crippen molar-refractivity contribution < 1.29 is 20.1 Å². The molecule has 0 saturated carbocycles. The molecule has 7 heteroatoms.